The summed E-state index contributed by atoms with van der Waals surface area (Å²) >= 11 is 1.97. The van der Waals surface area contributed by atoms with Gasteiger partial charge in [-0.25, -0.2) is 0 Å². The molecule has 0 radical (unpaired) electrons. The van der Waals surface area contributed by atoms with Crippen molar-refractivity contribution in [1.29, 1.82) is 0 Å². The van der Waals surface area contributed by atoms with Crippen LogP contribution in [0.2, 0.25) is 0 Å². The molecule has 94 valence electrons. The molecule has 1 aliphatic rings. The minimum atomic E-state index is -0.169. The number of rotatable bonds is 5. The van der Waals surface area contributed by atoms with Gasteiger partial charge < -0.3 is 9.84 Å². The minimum Gasteiger partial charge on any atom is -0.351 e. The van der Waals surface area contributed by atoms with Gasteiger partial charge in [0.05, 0.1) is 5.69 Å². The van der Waals surface area contributed by atoms with Crippen molar-refractivity contribution >= 4 is 17.7 Å². The van der Waals surface area contributed by atoms with Crippen LogP contribution in [-0.2, 0) is 0 Å². The Bertz CT molecular complexity index is 372. The molecule has 5 heteroatoms. The Labute approximate surface area is 106 Å². The van der Waals surface area contributed by atoms with Gasteiger partial charge in [-0.1, -0.05) is 18.0 Å². The van der Waals surface area contributed by atoms with Gasteiger partial charge in [-0.2, -0.15) is 11.8 Å². The first-order valence-electron chi connectivity index (χ1n) is 6.09. The average Bonchev–Trinajstić information content (AvgIpc) is 2.95. The molecule has 0 spiro atoms. The molecule has 1 saturated carbocycles. The van der Waals surface area contributed by atoms with Crippen LogP contribution in [0.4, 0.5) is 0 Å². The van der Waals surface area contributed by atoms with Crippen LogP contribution in [0.25, 0.3) is 0 Å². The molecular weight excluding hydrogens is 236 g/mol. The van der Waals surface area contributed by atoms with Gasteiger partial charge >= 0.3 is 0 Å². The van der Waals surface area contributed by atoms with Crippen molar-refractivity contribution in [3.63, 3.8) is 0 Å². The highest BCUT2D eigenvalue weighted by Gasteiger charge is 2.15. The van der Waals surface area contributed by atoms with E-state index in [1.807, 2.05) is 11.8 Å². The third-order valence-corrected chi connectivity index (χ3v) is 4.28. The third kappa shape index (κ3) is 3.77. The van der Waals surface area contributed by atoms with E-state index in [0.717, 1.165) is 16.7 Å². The molecular formula is C12H18N2O2S. The lowest BCUT2D eigenvalue weighted by atomic mass is 10.4. The van der Waals surface area contributed by atoms with E-state index in [1.54, 1.807) is 13.0 Å². The number of aryl methyl sites for hydroxylation is 1. The number of amides is 1. The Kier molecular flexibility index (Phi) is 4.48. The summed E-state index contributed by atoms with van der Waals surface area (Å²) in [4.78, 5) is 11.6. The summed E-state index contributed by atoms with van der Waals surface area (Å²) in [6.45, 7) is 2.50. The van der Waals surface area contributed by atoms with Crippen molar-refractivity contribution < 1.29 is 9.32 Å². The topological polar surface area (TPSA) is 55.1 Å². The molecule has 1 aliphatic carbocycles. The molecule has 4 nitrogen and oxygen atoms in total. The van der Waals surface area contributed by atoms with E-state index in [9.17, 15) is 4.79 Å². The van der Waals surface area contributed by atoms with Gasteiger partial charge in [-0.15, -0.1) is 0 Å². The number of thioether (sulfide) groups is 1. The maximum atomic E-state index is 11.6. The minimum absolute atomic E-state index is 0.169. The van der Waals surface area contributed by atoms with Crippen molar-refractivity contribution in [2.24, 2.45) is 0 Å². The number of hydrogen-bond donors (Lipinski definition) is 1. The Balaban J connectivity index is 1.63. The second-order valence-corrected chi connectivity index (χ2v) is 5.77. The lowest BCUT2D eigenvalue weighted by Gasteiger charge is -2.08. The van der Waals surface area contributed by atoms with E-state index in [2.05, 4.69) is 10.5 Å². The van der Waals surface area contributed by atoms with Crippen LogP contribution in [0.3, 0.4) is 0 Å². The smallest absolute Gasteiger partial charge is 0.289 e. The standard InChI is InChI=1S/C12H18N2O2S/c1-9-8-11(16-14-9)12(15)13-6-7-17-10-4-2-3-5-10/h8,10H,2-7H2,1H3,(H,13,15). The zero-order valence-corrected chi connectivity index (χ0v) is 10.9. The zero-order valence-electron chi connectivity index (χ0n) is 10.1. The third-order valence-electron chi connectivity index (χ3n) is 2.90. The summed E-state index contributed by atoms with van der Waals surface area (Å²) in [5.74, 6) is 1.11. The van der Waals surface area contributed by atoms with Gasteiger partial charge in [0.1, 0.15) is 0 Å². The van der Waals surface area contributed by atoms with Crippen molar-refractivity contribution in [2.75, 3.05) is 12.3 Å². The quantitative estimate of drug-likeness (QED) is 0.820. The fourth-order valence-corrected chi connectivity index (χ4v) is 3.22. The van der Waals surface area contributed by atoms with Crippen LogP contribution in [0, 0.1) is 6.92 Å². The predicted octanol–water partition coefficient (Wildman–Crippen LogP) is 2.39. The monoisotopic (exact) mass is 254 g/mol. The fraction of sp³-hybridized carbons (Fsp3) is 0.667. The number of carbonyl (C=O) groups is 1. The Morgan fingerprint density at radius 2 is 2.35 bits per heavy atom. The first kappa shape index (κ1) is 12.5. The molecule has 2 rings (SSSR count). The Hall–Kier alpha value is -0.970. The summed E-state index contributed by atoms with van der Waals surface area (Å²) in [5, 5.41) is 7.34. The highest BCUT2D eigenvalue weighted by Crippen LogP contribution is 2.28. The number of nitrogens with one attached hydrogen (secondary N) is 1. The molecule has 1 aromatic rings. The van der Waals surface area contributed by atoms with Gasteiger partial charge in [0.15, 0.2) is 0 Å². The molecule has 0 bridgehead atoms. The van der Waals surface area contributed by atoms with Gasteiger partial charge in [-0.3, -0.25) is 4.79 Å². The summed E-state index contributed by atoms with van der Waals surface area (Å²) in [7, 11) is 0. The number of carbonyl (C=O) groups excluding carboxylic acids is 1. The van der Waals surface area contributed by atoms with Crippen LogP contribution < -0.4 is 5.32 Å². The van der Waals surface area contributed by atoms with Gasteiger partial charge in [0, 0.05) is 23.6 Å². The molecule has 0 atom stereocenters. The Morgan fingerprint density at radius 1 is 1.59 bits per heavy atom. The van der Waals surface area contributed by atoms with Crippen LogP contribution >= 0.6 is 11.8 Å². The molecule has 0 aliphatic heterocycles. The molecule has 1 aromatic heterocycles. The molecule has 0 saturated heterocycles. The molecule has 1 heterocycles. The number of hydrogen-bond acceptors (Lipinski definition) is 4. The first-order chi connectivity index (χ1) is 8.25. The number of aromatic nitrogens is 1. The highest BCUT2D eigenvalue weighted by molar-refractivity contribution is 7.99. The second kappa shape index (κ2) is 6.10. The van der Waals surface area contributed by atoms with Crippen molar-refractivity contribution in [1.82, 2.24) is 10.5 Å². The lowest BCUT2D eigenvalue weighted by molar-refractivity contribution is 0.0919. The van der Waals surface area contributed by atoms with E-state index < -0.39 is 0 Å². The van der Waals surface area contributed by atoms with Crippen LogP contribution in [-0.4, -0.2) is 28.6 Å². The SMILES string of the molecule is Cc1cc(C(=O)NCCSC2CCCC2)on1. The average molecular weight is 254 g/mol. The first-order valence-corrected chi connectivity index (χ1v) is 7.13. The van der Waals surface area contributed by atoms with Crippen molar-refractivity contribution in [3.05, 3.63) is 17.5 Å². The summed E-state index contributed by atoms with van der Waals surface area (Å²) < 4.78 is 4.89. The zero-order chi connectivity index (χ0) is 12.1. The molecule has 1 fully saturated rings. The fourth-order valence-electron chi connectivity index (χ4n) is 2.00. The van der Waals surface area contributed by atoms with Crippen LogP contribution in [0.1, 0.15) is 41.9 Å². The molecule has 1 amide bonds. The summed E-state index contributed by atoms with van der Waals surface area (Å²) in [6, 6.07) is 1.65. The van der Waals surface area contributed by atoms with Gasteiger partial charge in [0.2, 0.25) is 5.76 Å². The predicted molar refractivity (Wildman–Crippen MR) is 68.3 cm³/mol. The maximum Gasteiger partial charge on any atom is 0.289 e. The number of nitrogens with zero attached hydrogens (tertiary/aromatic N) is 1. The van der Waals surface area contributed by atoms with Crippen LogP contribution in [0.15, 0.2) is 10.6 Å². The van der Waals surface area contributed by atoms with Crippen LogP contribution in [0.5, 0.6) is 0 Å². The normalized spacial score (nSPS) is 16.3. The van der Waals surface area contributed by atoms with E-state index in [1.165, 1.54) is 25.7 Å². The second-order valence-electron chi connectivity index (χ2n) is 4.37. The highest BCUT2D eigenvalue weighted by atomic mass is 32.2. The molecule has 0 aromatic carbocycles. The van der Waals surface area contributed by atoms with E-state index >= 15 is 0 Å². The maximum absolute atomic E-state index is 11.6. The lowest BCUT2D eigenvalue weighted by Crippen LogP contribution is -2.25. The summed E-state index contributed by atoms with van der Waals surface area (Å²) in [5.41, 5.74) is 0.732. The molecule has 17 heavy (non-hydrogen) atoms. The Morgan fingerprint density at radius 3 is 3.00 bits per heavy atom. The largest absolute Gasteiger partial charge is 0.351 e. The summed E-state index contributed by atoms with van der Waals surface area (Å²) in [6.07, 6.45) is 5.39. The van der Waals surface area contributed by atoms with Crippen molar-refractivity contribution in [2.45, 2.75) is 37.9 Å². The van der Waals surface area contributed by atoms with E-state index in [-0.39, 0.29) is 5.91 Å². The van der Waals surface area contributed by atoms with E-state index in [0.29, 0.717) is 12.3 Å². The van der Waals surface area contributed by atoms with E-state index in [4.69, 9.17) is 4.52 Å². The molecule has 1 N–H and O–H groups in total. The van der Waals surface area contributed by atoms with Gasteiger partial charge in [-0.05, 0) is 19.8 Å². The van der Waals surface area contributed by atoms with Gasteiger partial charge in [0.25, 0.3) is 5.91 Å². The molecule has 0 unspecified atom stereocenters. The van der Waals surface area contributed by atoms with Crippen molar-refractivity contribution in [3.8, 4) is 0 Å².